The molecule has 0 spiro atoms. The number of hydrazone groups is 1. The number of rotatable bonds is 8. The molecule has 2 saturated heterocycles. The lowest BCUT2D eigenvalue weighted by atomic mass is 10.1. The van der Waals surface area contributed by atoms with Gasteiger partial charge >= 0.3 is 0 Å². The molecule has 2 fully saturated rings. The van der Waals surface area contributed by atoms with Gasteiger partial charge in [-0.05, 0) is 56.1 Å². The lowest BCUT2D eigenvalue weighted by Gasteiger charge is -2.31. The van der Waals surface area contributed by atoms with Crippen LogP contribution in [0.15, 0.2) is 28.2 Å². The first-order chi connectivity index (χ1) is 15.8. The average molecular weight is 498 g/mol. The summed E-state index contributed by atoms with van der Waals surface area (Å²) >= 11 is 5.46. The van der Waals surface area contributed by atoms with E-state index in [2.05, 4.69) is 34.6 Å². The summed E-state index contributed by atoms with van der Waals surface area (Å²) in [5.41, 5.74) is 5.36. The van der Waals surface area contributed by atoms with Crippen LogP contribution in [0.1, 0.15) is 33.6 Å². The maximum Gasteiger partial charge on any atom is 0.243 e. The van der Waals surface area contributed by atoms with E-state index >= 15 is 0 Å². The third-order valence-corrected chi connectivity index (χ3v) is 7.70. The highest BCUT2D eigenvalue weighted by atomic mass is 32.2. The Hall–Kier alpha value is -1.79. The van der Waals surface area contributed by atoms with Crippen LogP contribution in [0.25, 0.3) is 0 Å². The van der Waals surface area contributed by atoms with E-state index in [-0.39, 0.29) is 4.90 Å². The van der Waals surface area contributed by atoms with Crippen LogP contribution < -0.4 is 15.6 Å². The van der Waals surface area contributed by atoms with Crippen LogP contribution in [0.2, 0.25) is 0 Å². The van der Waals surface area contributed by atoms with Gasteiger partial charge in [0.05, 0.1) is 42.7 Å². The molecule has 0 amide bonds. The zero-order valence-corrected chi connectivity index (χ0v) is 21.3. The zero-order chi connectivity index (χ0) is 23.8. The van der Waals surface area contributed by atoms with Crippen LogP contribution in [-0.4, -0.2) is 76.2 Å². The molecule has 1 aromatic carbocycles. The molecule has 2 N–H and O–H groups in total. The normalized spacial score (nSPS) is 18.4. The summed E-state index contributed by atoms with van der Waals surface area (Å²) in [5.74, 6) is 0.604. The average Bonchev–Trinajstić information content (AvgIpc) is 2.82. The zero-order valence-electron chi connectivity index (χ0n) is 19.7. The van der Waals surface area contributed by atoms with Crippen molar-refractivity contribution in [3.8, 4) is 0 Å². The van der Waals surface area contributed by atoms with E-state index in [4.69, 9.17) is 21.7 Å². The molecule has 1 aromatic rings. The quantitative estimate of drug-likeness (QED) is 0.322. The first-order valence-corrected chi connectivity index (χ1v) is 13.3. The smallest absolute Gasteiger partial charge is 0.243 e. The van der Waals surface area contributed by atoms with Crippen molar-refractivity contribution >= 4 is 44.4 Å². The Kier molecular flexibility index (Phi) is 9.45. The predicted molar refractivity (Wildman–Crippen MR) is 136 cm³/mol. The summed E-state index contributed by atoms with van der Waals surface area (Å²) in [5, 5.41) is 7.85. The first kappa shape index (κ1) is 25.8. The maximum atomic E-state index is 13.2. The molecule has 33 heavy (non-hydrogen) atoms. The summed E-state index contributed by atoms with van der Waals surface area (Å²) in [6.45, 7) is 10.5. The third kappa shape index (κ3) is 7.35. The number of anilines is 2. The van der Waals surface area contributed by atoms with Crippen LogP contribution in [0, 0.1) is 5.92 Å². The monoisotopic (exact) mass is 497 g/mol. The third-order valence-electron chi connectivity index (χ3n) is 5.61. The largest absolute Gasteiger partial charge is 0.379 e. The van der Waals surface area contributed by atoms with Gasteiger partial charge in [0.2, 0.25) is 10.0 Å². The standard InChI is InChI=1S/C22H35N5O4S2/c1-17(2)4-5-18(3)24-25-22(32)23-20-16-19(33(28,29)27-10-14-31-15-11-27)6-7-21(20)26-8-12-30-13-9-26/h6-7,16-17H,4-5,8-15H2,1-3H3,(H2,23,25,32). The van der Waals surface area contributed by atoms with Crippen LogP contribution in [0.5, 0.6) is 0 Å². The Labute approximate surface area is 202 Å². The molecule has 2 aliphatic heterocycles. The van der Waals surface area contributed by atoms with Gasteiger partial charge in [-0.1, -0.05) is 13.8 Å². The van der Waals surface area contributed by atoms with Gasteiger partial charge in [0.25, 0.3) is 0 Å². The topological polar surface area (TPSA) is 95.5 Å². The summed E-state index contributed by atoms with van der Waals surface area (Å²) in [4.78, 5) is 2.39. The Morgan fingerprint density at radius 2 is 1.76 bits per heavy atom. The van der Waals surface area contributed by atoms with Crippen LogP contribution >= 0.6 is 12.2 Å². The molecule has 0 bridgehead atoms. The van der Waals surface area contributed by atoms with Crippen molar-refractivity contribution in [2.24, 2.45) is 11.0 Å². The Morgan fingerprint density at radius 1 is 1.12 bits per heavy atom. The summed E-state index contributed by atoms with van der Waals surface area (Å²) < 4.78 is 38.6. The summed E-state index contributed by atoms with van der Waals surface area (Å²) in [7, 11) is -3.63. The molecule has 9 nitrogen and oxygen atoms in total. The van der Waals surface area contributed by atoms with E-state index in [9.17, 15) is 8.42 Å². The lowest BCUT2D eigenvalue weighted by molar-refractivity contribution is 0.0730. The summed E-state index contributed by atoms with van der Waals surface area (Å²) in [6.07, 6.45) is 1.94. The van der Waals surface area contributed by atoms with Crippen molar-refractivity contribution in [2.45, 2.75) is 38.5 Å². The fourth-order valence-corrected chi connectivity index (χ4v) is 5.23. The van der Waals surface area contributed by atoms with Gasteiger partial charge in [-0.2, -0.15) is 9.41 Å². The van der Waals surface area contributed by atoms with Gasteiger partial charge < -0.3 is 19.7 Å². The number of sulfonamides is 1. The molecule has 0 saturated carbocycles. The molecule has 11 heteroatoms. The maximum absolute atomic E-state index is 13.2. The minimum absolute atomic E-state index is 0.225. The van der Waals surface area contributed by atoms with Gasteiger partial charge in [0.15, 0.2) is 5.11 Å². The van der Waals surface area contributed by atoms with Crippen molar-refractivity contribution in [3.63, 3.8) is 0 Å². The van der Waals surface area contributed by atoms with Gasteiger partial charge in [-0.15, -0.1) is 0 Å². The van der Waals surface area contributed by atoms with E-state index in [1.165, 1.54) is 4.31 Å². The number of morpholine rings is 2. The SMILES string of the molecule is CC(CCC(C)C)=NNC(=S)Nc1cc(S(=O)(=O)N2CCOCC2)ccc1N1CCOCC1. The fourth-order valence-electron chi connectivity index (χ4n) is 3.64. The van der Waals surface area contributed by atoms with E-state index in [0.717, 1.165) is 37.3 Å². The number of benzene rings is 1. The second kappa shape index (κ2) is 12.1. The Bertz CT molecular complexity index is 940. The Morgan fingerprint density at radius 3 is 2.39 bits per heavy atom. The van der Waals surface area contributed by atoms with Crippen molar-refractivity contribution in [2.75, 3.05) is 62.8 Å². The molecule has 2 heterocycles. The molecular formula is C22H35N5O4S2. The molecule has 2 aliphatic rings. The molecule has 0 aliphatic carbocycles. The number of thiocarbonyl (C=S) groups is 1. The van der Waals surface area contributed by atoms with Gasteiger partial charge in [-0.25, -0.2) is 8.42 Å². The van der Waals surface area contributed by atoms with Gasteiger partial charge in [0.1, 0.15) is 0 Å². The number of ether oxygens (including phenoxy) is 2. The second-order valence-corrected chi connectivity index (χ2v) is 11.0. The number of nitrogens with zero attached hydrogens (tertiary/aromatic N) is 3. The number of hydrogen-bond donors (Lipinski definition) is 2. The highest BCUT2D eigenvalue weighted by Gasteiger charge is 2.28. The fraction of sp³-hybridized carbons (Fsp3) is 0.636. The highest BCUT2D eigenvalue weighted by molar-refractivity contribution is 7.89. The molecular weight excluding hydrogens is 462 g/mol. The van der Waals surface area contributed by atoms with Crippen molar-refractivity contribution in [1.82, 2.24) is 9.73 Å². The predicted octanol–water partition coefficient (Wildman–Crippen LogP) is 2.64. The van der Waals surface area contributed by atoms with Crippen molar-refractivity contribution in [3.05, 3.63) is 18.2 Å². The van der Waals surface area contributed by atoms with Crippen LogP contribution in [0.4, 0.5) is 11.4 Å². The molecule has 0 unspecified atom stereocenters. The van der Waals surface area contributed by atoms with E-state index in [1.807, 2.05) is 13.0 Å². The first-order valence-electron chi connectivity index (χ1n) is 11.4. The van der Waals surface area contributed by atoms with Crippen LogP contribution in [0.3, 0.4) is 0 Å². The summed E-state index contributed by atoms with van der Waals surface area (Å²) in [6, 6.07) is 5.14. The van der Waals surface area contributed by atoms with E-state index in [1.54, 1.807) is 12.1 Å². The van der Waals surface area contributed by atoms with Crippen LogP contribution in [-0.2, 0) is 19.5 Å². The minimum atomic E-state index is -3.63. The molecule has 0 aromatic heterocycles. The number of nitrogens with one attached hydrogen (secondary N) is 2. The van der Waals surface area contributed by atoms with Gasteiger partial charge in [-0.3, -0.25) is 5.43 Å². The molecule has 184 valence electrons. The molecule has 0 radical (unpaired) electrons. The minimum Gasteiger partial charge on any atom is -0.379 e. The highest BCUT2D eigenvalue weighted by Crippen LogP contribution is 2.31. The lowest BCUT2D eigenvalue weighted by Crippen LogP contribution is -2.40. The van der Waals surface area contributed by atoms with Crippen molar-refractivity contribution < 1.29 is 17.9 Å². The Balaban J connectivity index is 1.81. The number of hydrogen-bond acceptors (Lipinski definition) is 7. The second-order valence-electron chi connectivity index (χ2n) is 8.64. The molecule has 0 atom stereocenters. The van der Waals surface area contributed by atoms with Crippen molar-refractivity contribution in [1.29, 1.82) is 0 Å². The molecule has 3 rings (SSSR count). The van der Waals surface area contributed by atoms with Gasteiger partial charge in [0, 0.05) is 31.9 Å². The van der Waals surface area contributed by atoms with E-state index in [0.29, 0.717) is 56.2 Å². The van der Waals surface area contributed by atoms with E-state index < -0.39 is 10.0 Å².